The second-order valence-corrected chi connectivity index (χ2v) is 8.23. The van der Waals surface area contributed by atoms with Gasteiger partial charge in [0.15, 0.2) is 0 Å². The zero-order chi connectivity index (χ0) is 19.4. The van der Waals surface area contributed by atoms with Crippen LogP contribution in [0.5, 0.6) is 0 Å². The van der Waals surface area contributed by atoms with Gasteiger partial charge in [-0.15, -0.1) is 0 Å². The van der Waals surface area contributed by atoms with Crippen molar-refractivity contribution in [3.05, 3.63) is 98.5 Å². The highest BCUT2D eigenvalue weighted by molar-refractivity contribution is 6.42. The summed E-state index contributed by atoms with van der Waals surface area (Å²) in [5, 5.41) is 14.3. The van der Waals surface area contributed by atoms with Crippen molar-refractivity contribution < 1.29 is 9.90 Å². The van der Waals surface area contributed by atoms with E-state index in [-0.39, 0.29) is 17.9 Å². The topological polar surface area (TPSA) is 49.3 Å². The Morgan fingerprint density at radius 2 is 1.75 bits per heavy atom. The minimum absolute atomic E-state index is 0.0554. The highest BCUT2D eigenvalue weighted by Crippen LogP contribution is 2.54. The summed E-state index contributed by atoms with van der Waals surface area (Å²) in [6.07, 6.45) is 0.926. The molecule has 0 unspecified atom stereocenters. The lowest BCUT2D eigenvalue weighted by Crippen LogP contribution is -2.31. The van der Waals surface area contributed by atoms with Crippen LogP contribution in [-0.2, 0) is 6.42 Å². The fraction of sp³-hybridized carbons (Fsp3) is 0.174. The van der Waals surface area contributed by atoms with Gasteiger partial charge in [-0.25, -0.2) is 4.79 Å². The molecule has 0 saturated heterocycles. The average molecular weight is 410 g/mol. The van der Waals surface area contributed by atoms with E-state index in [0.717, 1.165) is 17.5 Å². The molecule has 3 aromatic carbocycles. The molecule has 0 bridgehead atoms. The Balaban J connectivity index is 1.72. The number of anilines is 1. The maximum atomic E-state index is 11.9. The minimum atomic E-state index is -0.929. The zero-order valence-electron chi connectivity index (χ0n) is 14.8. The lowest BCUT2D eigenvalue weighted by Gasteiger charge is -2.38. The van der Waals surface area contributed by atoms with Crippen molar-refractivity contribution in [3.63, 3.8) is 0 Å². The summed E-state index contributed by atoms with van der Waals surface area (Å²) in [6.45, 7) is 0. The Morgan fingerprint density at radius 1 is 0.964 bits per heavy atom. The molecule has 3 aromatic rings. The number of hydrogen-bond donors (Lipinski definition) is 2. The van der Waals surface area contributed by atoms with E-state index < -0.39 is 5.97 Å². The number of carboxylic acid groups (broad SMARTS) is 1. The summed E-state index contributed by atoms with van der Waals surface area (Å²) >= 11 is 12.4. The molecule has 0 spiro atoms. The van der Waals surface area contributed by atoms with Crippen molar-refractivity contribution in [1.82, 2.24) is 0 Å². The molecule has 2 aliphatic rings. The number of hydrogen-bond acceptors (Lipinski definition) is 2. The van der Waals surface area contributed by atoms with E-state index in [9.17, 15) is 9.90 Å². The summed E-state index contributed by atoms with van der Waals surface area (Å²) < 4.78 is 0. The van der Waals surface area contributed by atoms with Crippen LogP contribution in [0.4, 0.5) is 5.69 Å². The van der Waals surface area contributed by atoms with Gasteiger partial charge in [0, 0.05) is 5.92 Å². The standard InChI is InChI=1S/C23H17Cl2NO2/c24-18-9-8-13(11-19(18)25)21-17-10-12-4-1-2-5-14(12)20(17)15-6-3-7-16(23(27)28)22(15)26-21/h1-9,11,17,20-21,26H,10H2,(H,27,28)/t17-,20+,21-/m1/s1. The molecule has 0 saturated carbocycles. The van der Waals surface area contributed by atoms with E-state index in [1.54, 1.807) is 12.1 Å². The normalized spacial score (nSPS) is 22.0. The number of nitrogens with one attached hydrogen (secondary N) is 1. The third-order valence-corrected chi connectivity index (χ3v) is 6.71. The first-order valence-corrected chi connectivity index (χ1v) is 9.95. The average Bonchev–Trinajstić information content (AvgIpc) is 3.09. The molecule has 1 aliphatic heterocycles. The van der Waals surface area contributed by atoms with Gasteiger partial charge in [-0.2, -0.15) is 0 Å². The van der Waals surface area contributed by atoms with Crippen LogP contribution in [0.25, 0.3) is 0 Å². The van der Waals surface area contributed by atoms with Crippen LogP contribution >= 0.6 is 23.2 Å². The van der Waals surface area contributed by atoms with Crippen molar-refractivity contribution in [2.24, 2.45) is 5.92 Å². The van der Waals surface area contributed by atoms with Gasteiger partial charge in [-0.3, -0.25) is 0 Å². The lowest BCUT2D eigenvalue weighted by molar-refractivity contribution is 0.0697. The van der Waals surface area contributed by atoms with Crippen LogP contribution in [0.1, 0.15) is 44.6 Å². The van der Waals surface area contributed by atoms with Crippen LogP contribution in [0, 0.1) is 5.92 Å². The van der Waals surface area contributed by atoms with Gasteiger partial charge < -0.3 is 10.4 Å². The van der Waals surface area contributed by atoms with E-state index in [2.05, 4.69) is 29.6 Å². The van der Waals surface area contributed by atoms with Crippen molar-refractivity contribution in [2.45, 2.75) is 18.4 Å². The number of para-hydroxylation sites is 1. The number of halogens is 2. The first kappa shape index (κ1) is 17.6. The van der Waals surface area contributed by atoms with Crippen LogP contribution in [-0.4, -0.2) is 11.1 Å². The van der Waals surface area contributed by atoms with E-state index in [0.29, 0.717) is 21.3 Å². The molecule has 3 atom stereocenters. The molecule has 0 fully saturated rings. The molecular formula is C23H17Cl2NO2. The van der Waals surface area contributed by atoms with E-state index in [1.165, 1.54) is 11.1 Å². The molecule has 140 valence electrons. The number of aromatic carboxylic acids is 1. The fourth-order valence-corrected chi connectivity index (χ4v) is 5.11. The fourth-order valence-electron chi connectivity index (χ4n) is 4.80. The van der Waals surface area contributed by atoms with Crippen molar-refractivity contribution >= 4 is 34.9 Å². The Bertz CT molecular complexity index is 1110. The molecule has 0 radical (unpaired) electrons. The van der Waals surface area contributed by atoms with Gasteiger partial charge >= 0.3 is 5.97 Å². The predicted octanol–water partition coefficient (Wildman–Crippen LogP) is 6.16. The van der Waals surface area contributed by atoms with Crippen LogP contribution < -0.4 is 5.32 Å². The second kappa shape index (κ2) is 6.54. The Hall–Kier alpha value is -2.49. The number of carboxylic acids is 1. The SMILES string of the molecule is O=C(O)c1cccc2c1N[C@H](c1ccc(Cl)c(Cl)c1)[C@@H]1Cc3ccccc3[C@@H]21. The molecule has 5 rings (SSSR count). The van der Waals surface area contributed by atoms with Crippen LogP contribution in [0.3, 0.4) is 0 Å². The smallest absolute Gasteiger partial charge is 0.337 e. The number of rotatable bonds is 2. The van der Waals surface area contributed by atoms with Gasteiger partial charge in [0.05, 0.1) is 27.3 Å². The molecule has 3 nitrogen and oxygen atoms in total. The van der Waals surface area contributed by atoms with Crippen LogP contribution in [0.2, 0.25) is 10.0 Å². The van der Waals surface area contributed by atoms with Crippen LogP contribution in [0.15, 0.2) is 60.7 Å². The van der Waals surface area contributed by atoms with Gasteiger partial charge in [0.1, 0.15) is 0 Å². The first-order chi connectivity index (χ1) is 13.5. The first-order valence-electron chi connectivity index (χ1n) is 9.20. The lowest BCUT2D eigenvalue weighted by atomic mass is 9.75. The molecule has 28 heavy (non-hydrogen) atoms. The monoisotopic (exact) mass is 409 g/mol. The molecule has 2 N–H and O–H groups in total. The summed E-state index contributed by atoms with van der Waals surface area (Å²) in [4.78, 5) is 11.9. The van der Waals surface area contributed by atoms with Crippen molar-refractivity contribution in [1.29, 1.82) is 0 Å². The van der Waals surface area contributed by atoms with Crippen molar-refractivity contribution in [2.75, 3.05) is 5.32 Å². The second-order valence-electron chi connectivity index (χ2n) is 7.41. The number of benzene rings is 3. The third kappa shape index (κ3) is 2.61. The van der Waals surface area contributed by atoms with Gasteiger partial charge in [-0.1, -0.05) is 65.7 Å². The van der Waals surface area contributed by atoms with Gasteiger partial charge in [-0.05, 0) is 52.8 Å². The highest BCUT2D eigenvalue weighted by atomic mass is 35.5. The zero-order valence-corrected chi connectivity index (χ0v) is 16.3. The van der Waals surface area contributed by atoms with E-state index >= 15 is 0 Å². The Labute approximate surface area is 172 Å². The summed E-state index contributed by atoms with van der Waals surface area (Å²) in [6, 6.07) is 19.6. The predicted molar refractivity (Wildman–Crippen MR) is 112 cm³/mol. The highest BCUT2D eigenvalue weighted by Gasteiger charge is 2.44. The summed E-state index contributed by atoms with van der Waals surface area (Å²) in [5.74, 6) is -0.514. The number of fused-ring (bicyclic) bond motifs is 5. The minimum Gasteiger partial charge on any atom is -0.478 e. The summed E-state index contributed by atoms with van der Waals surface area (Å²) in [7, 11) is 0. The Morgan fingerprint density at radius 3 is 2.54 bits per heavy atom. The van der Waals surface area contributed by atoms with Gasteiger partial charge in [0.25, 0.3) is 0 Å². The van der Waals surface area contributed by atoms with Crippen molar-refractivity contribution in [3.8, 4) is 0 Å². The maximum Gasteiger partial charge on any atom is 0.337 e. The summed E-state index contributed by atoms with van der Waals surface area (Å²) in [5.41, 5.74) is 5.66. The molecule has 5 heteroatoms. The molecule has 0 aromatic heterocycles. The molecule has 1 heterocycles. The third-order valence-electron chi connectivity index (χ3n) is 5.97. The molecular weight excluding hydrogens is 393 g/mol. The van der Waals surface area contributed by atoms with Gasteiger partial charge in [0.2, 0.25) is 0 Å². The maximum absolute atomic E-state index is 11.9. The Kier molecular flexibility index (Phi) is 4.11. The van der Waals surface area contributed by atoms with E-state index in [1.807, 2.05) is 24.3 Å². The number of carbonyl (C=O) groups is 1. The quantitative estimate of drug-likeness (QED) is 0.532. The molecule has 0 amide bonds. The molecule has 1 aliphatic carbocycles. The van der Waals surface area contributed by atoms with E-state index in [4.69, 9.17) is 23.2 Å². The largest absolute Gasteiger partial charge is 0.478 e.